The lowest BCUT2D eigenvalue weighted by molar-refractivity contribution is -0.127. The highest BCUT2D eigenvalue weighted by molar-refractivity contribution is 6.00. The second-order valence-corrected chi connectivity index (χ2v) is 6.93. The Bertz CT molecular complexity index is 920. The van der Waals surface area contributed by atoms with Crippen LogP contribution in [0.3, 0.4) is 0 Å². The second-order valence-electron chi connectivity index (χ2n) is 6.93. The minimum Gasteiger partial charge on any atom is -0.496 e. The Kier molecular flexibility index (Phi) is 6.43. The number of benzene rings is 2. The van der Waals surface area contributed by atoms with Crippen LogP contribution in [-0.4, -0.2) is 38.1 Å². The van der Waals surface area contributed by atoms with E-state index in [1.54, 1.807) is 32.4 Å². The van der Waals surface area contributed by atoms with E-state index in [2.05, 4.69) is 16.0 Å². The van der Waals surface area contributed by atoms with Crippen molar-refractivity contribution in [1.82, 2.24) is 10.6 Å². The predicted molar refractivity (Wildman–Crippen MR) is 105 cm³/mol. The first kappa shape index (κ1) is 20.7. The van der Waals surface area contributed by atoms with E-state index >= 15 is 0 Å². The summed E-state index contributed by atoms with van der Waals surface area (Å²) in [6, 6.07) is 7.42. The van der Waals surface area contributed by atoms with Crippen molar-refractivity contribution < 1.29 is 23.1 Å². The Balaban J connectivity index is 1.64. The monoisotopic (exact) mass is 403 g/mol. The van der Waals surface area contributed by atoms with Crippen LogP contribution >= 0.6 is 0 Å². The fourth-order valence-electron chi connectivity index (χ4n) is 3.44. The molecule has 29 heavy (non-hydrogen) atoms. The molecule has 2 atom stereocenters. The molecular weight excluding hydrogens is 380 g/mol. The van der Waals surface area contributed by atoms with Crippen LogP contribution in [0, 0.1) is 11.6 Å². The van der Waals surface area contributed by atoms with Gasteiger partial charge < -0.3 is 20.7 Å². The van der Waals surface area contributed by atoms with E-state index in [0.29, 0.717) is 17.9 Å². The van der Waals surface area contributed by atoms with Crippen LogP contribution in [0.4, 0.5) is 14.5 Å². The summed E-state index contributed by atoms with van der Waals surface area (Å²) in [6.45, 7) is 0. The Labute approximate surface area is 167 Å². The van der Waals surface area contributed by atoms with Crippen molar-refractivity contribution in [1.29, 1.82) is 0 Å². The number of hydrogen-bond acceptors (Lipinski definition) is 4. The molecule has 0 spiro atoms. The van der Waals surface area contributed by atoms with E-state index < -0.39 is 23.7 Å². The van der Waals surface area contributed by atoms with Crippen LogP contribution in [0.25, 0.3) is 0 Å². The van der Waals surface area contributed by atoms with E-state index in [1.807, 2.05) is 0 Å². The summed E-state index contributed by atoms with van der Waals surface area (Å²) in [5.41, 5.74) is 1.66. The van der Waals surface area contributed by atoms with Gasteiger partial charge in [0, 0.05) is 30.1 Å². The molecule has 1 heterocycles. The van der Waals surface area contributed by atoms with Crippen LogP contribution in [0.15, 0.2) is 36.4 Å². The van der Waals surface area contributed by atoms with Gasteiger partial charge in [0.15, 0.2) is 0 Å². The lowest BCUT2D eigenvalue weighted by Crippen LogP contribution is -2.49. The van der Waals surface area contributed by atoms with E-state index in [9.17, 15) is 18.4 Å². The number of amides is 2. The number of fused-ring (bicyclic) bond motifs is 1. The maximum atomic E-state index is 13.9. The summed E-state index contributed by atoms with van der Waals surface area (Å²) in [6.07, 6.45) is 0.454. The molecule has 0 bridgehead atoms. The van der Waals surface area contributed by atoms with Crippen molar-refractivity contribution in [3.63, 3.8) is 0 Å². The first-order valence-electron chi connectivity index (χ1n) is 9.28. The van der Waals surface area contributed by atoms with E-state index in [1.165, 1.54) is 0 Å². The third kappa shape index (κ3) is 4.89. The number of halogens is 2. The van der Waals surface area contributed by atoms with E-state index in [0.717, 1.165) is 23.8 Å². The number of nitrogens with one attached hydrogen (secondary N) is 3. The number of carbonyl (C=O) groups excluding carboxylic acids is 2. The summed E-state index contributed by atoms with van der Waals surface area (Å²) in [5, 5.41) is 8.43. The molecule has 0 aliphatic carbocycles. The number of methoxy groups -OCH3 is 1. The first-order chi connectivity index (χ1) is 13.9. The maximum absolute atomic E-state index is 13.9. The van der Waals surface area contributed by atoms with Crippen molar-refractivity contribution in [2.24, 2.45) is 0 Å². The van der Waals surface area contributed by atoms with Crippen LogP contribution < -0.4 is 20.7 Å². The molecule has 1 unspecified atom stereocenters. The molecule has 3 rings (SSSR count). The second kappa shape index (κ2) is 9.00. The summed E-state index contributed by atoms with van der Waals surface area (Å²) in [4.78, 5) is 24.9. The van der Waals surface area contributed by atoms with Crippen molar-refractivity contribution in [3.8, 4) is 5.75 Å². The molecule has 0 radical (unpaired) electrons. The standard InChI is InChI=1S/C21H23F2N3O3/c1-24-14(9-12-8-13(22)6-7-16(12)23)10-20(27)25-18-11-15-17(26-21(18)28)4-3-5-19(15)29-2/h3-8,14,18,24H,9-11H2,1-2H3,(H,25,27)(H,26,28)/t14-,18?/m1/s1. The van der Waals surface area contributed by atoms with Crippen LogP contribution in [0.5, 0.6) is 5.75 Å². The highest BCUT2D eigenvalue weighted by Crippen LogP contribution is 2.31. The van der Waals surface area contributed by atoms with Gasteiger partial charge in [0.1, 0.15) is 23.4 Å². The van der Waals surface area contributed by atoms with Gasteiger partial charge in [-0.15, -0.1) is 0 Å². The van der Waals surface area contributed by atoms with Gasteiger partial charge in [0.2, 0.25) is 11.8 Å². The molecule has 154 valence electrons. The lowest BCUT2D eigenvalue weighted by Gasteiger charge is -2.27. The molecule has 3 N–H and O–H groups in total. The average Bonchev–Trinajstić information content (AvgIpc) is 2.70. The molecular formula is C21H23F2N3O3. The van der Waals surface area contributed by atoms with Gasteiger partial charge in [-0.1, -0.05) is 6.07 Å². The predicted octanol–water partition coefficient (Wildman–Crippen LogP) is 2.17. The van der Waals surface area contributed by atoms with Gasteiger partial charge in [-0.05, 0) is 49.4 Å². The quantitative estimate of drug-likeness (QED) is 0.662. The van der Waals surface area contributed by atoms with Crippen LogP contribution in [0.1, 0.15) is 17.5 Å². The average molecular weight is 403 g/mol. The smallest absolute Gasteiger partial charge is 0.247 e. The zero-order chi connectivity index (χ0) is 21.0. The fourth-order valence-corrected chi connectivity index (χ4v) is 3.44. The van der Waals surface area contributed by atoms with Gasteiger partial charge in [0.05, 0.1) is 7.11 Å². The molecule has 1 aliphatic rings. The van der Waals surface area contributed by atoms with Crippen molar-refractivity contribution in [2.45, 2.75) is 31.3 Å². The first-order valence-corrected chi connectivity index (χ1v) is 9.28. The SMILES string of the molecule is CN[C@@H](CC(=O)NC1Cc2c(cccc2OC)NC1=O)Cc1cc(F)ccc1F. The highest BCUT2D eigenvalue weighted by atomic mass is 19.1. The molecule has 0 aromatic heterocycles. The number of likely N-dealkylation sites (N-methyl/N-ethyl adjacent to an activating group) is 1. The largest absolute Gasteiger partial charge is 0.496 e. The number of rotatable bonds is 7. The molecule has 8 heteroatoms. The molecule has 0 fully saturated rings. The third-order valence-electron chi connectivity index (χ3n) is 4.98. The van der Waals surface area contributed by atoms with Crippen molar-refractivity contribution in [2.75, 3.05) is 19.5 Å². The zero-order valence-electron chi connectivity index (χ0n) is 16.2. The van der Waals surface area contributed by atoms with Crippen LogP contribution in [-0.2, 0) is 22.4 Å². The summed E-state index contributed by atoms with van der Waals surface area (Å²) >= 11 is 0. The molecule has 0 saturated carbocycles. The number of carbonyl (C=O) groups is 2. The van der Waals surface area contributed by atoms with E-state index in [4.69, 9.17) is 4.74 Å². The lowest BCUT2D eigenvalue weighted by atomic mass is 9.97. The summed E-state index contributed by atoms with van der Waals surface area (Å²) < 4.78 is 32.6. The van der Waals surface area contributed by atoms with Crippen LogP contribution in [0.2, 0.25) is 0 Å². The topological polar surface area (TPSA) is 79.5 Å². The van der Waals surface area contributed by atoms with E-state index in [-0.39, 0.29) is 30.2 Å². The summed E-state index contributed by atoms with van der Waals surface area (Å²) in [5.74, 6) is -1.10. The number of hydrogen-bond donors (Lipinski definition) is 3. The normalized spacial score (nSPS) is 16.6. The molecule has 2 aromatic rings. The number of ether oxygens (including phenoxy) is 1. The van der Waals surface area contributed by atoms with Gasteiger partial charge in [-0.25, -0.2) is 8.78 Å². The van der Waals surface area contributed by atoms with Gasteiger partial charge in [-0.2, -0.15) is 0 Å². The minimum atomic E-state index is -0.741. The zero-order valence-corrected chi connectivity index (χ0v) is 16.2. The Morgan fingerprint density at radius 1 is 1.31 bits per heavy atom. The molecule has 0 saturated heterocycles. The molecule has 1 aliphatic heterocycles. The highest BCUT2D eigenvalue weighted by Gasteiger charge is 2.30. The minimum absolute atomic E-state index is 0.00894. The van der Waals surface area contributed by atoms with Crippen molar-refractivity contribution in [3.05, 3.63) is 59.2 Å². The van der Waals surface area contributed by atoms with Gasteiger partial charge >= 0.3 is 0 Å². The Morgan fingerprint density at radius 2 is 2.10 bits per heavy atom. The molecule has 2 aromatic carbocycles. The third-order valence-corrected chi connectivity index (χ3v) is 4.98. The fraction of sp³-hybridized carbons (Fsp3) is 0.333. The molecule has 2 amide bonds. The van der Waals surface area contributed by atoms with Crippen molar-refractivity contribution >= 4 is 17.5 Å². The molecule has 6 nitrogen and oxygen atoms in total. The number of anilines is 1. The van der Waals surface area contributed by atoms with Gasteiger partial charge in [0.25, 0.3) is 0 Å². The van der Waals surface area contributed by atoms with Gasteiger partial charge in [-0.3, -0.25) is 9.59 Å². The Morgan fingerprint density at radius 3 is 2.83 bits per heavy atom. The summed E-state index contributed by atoms with van der Waals surface area (Å²) in [7, 11) is 3.19. The maximum Gasteiger partial charge on any atom is 0.247 e. The Hall–Kier alpha value is -3.00.